The molecule has 6 nitrogen and oxygen atoms in total. The van der Waals surface area contributed by atoms with E-state index < -0.39 is 0 Å². The molecule has 0 atom stereocenters. The first-order valence-electron chi connectivity index (χ1n) is 26.9. The molecule has 376 valence electrons. The molecule has 0 spiro atoms. The van der Waals surface area contributed by atoms with Gasteiger partial charge in [0.25, 0.3) is 0 Å². The van der Waals surface area contributed by atoms with Crippen LogP contribution in [0.5, 0.6) is 0 Å². The molecule has 0 aliphatic carbocycles. The Kier molecular flexibility index (Phi) is 12.5. The van der Waals surface area contributed by atoms with Gasteiger partial charge in [-0.1, -0.05) is 212 Å². The van der Waals surface area contributed by atoms with E-state index in [-0.39, 0.29) is 0 Å². The molecule has 0 bridgehead atoms. The molecule has 0 N–H and O–H groups in total. The zero-order chi connectivity index (χ0) is 53.2. The lowest BCUT2D eigenvalue weighted by atomic mass is 10.0. The summed E-state index contributed by atoms with van der Waals surface area (Å²) in [6, 6.07) is 107. The second-order valence-electron chi connectivity index (χ2n) is 19.9. The predicted octanol–water partition coefficient (Wildman–Crippen LogP) is 19.2. The Labute approximate surface area is 464 Å². The standard InChI is InChI=1S/C74H50N6/c1-6-19-51(20-7-1)55-35-40-63(41-36-55)79(64-42-37-56(38-43-64)52-21-8-2-9-22-52)65-44-46-71-67(50-65)66-49-59(39-45-70(66)80(71)62-31-14-5-15-32-62)68-33-18-34-69(75-68)74-77-72(60-29-16-27-57(47-60)53-23-10-3-11-24-53)76-73(78-74)61-30-17-28-58(48-61)54-25-12-4-13-26-54/h1-50H. The number of hydrogen-bond acceptors (Lipinski definition) is 5. The second kappa shape index (κ2) is 21.0. The normalized spacial score (nSPS) is 11.2. The van der Waals surface area contributed by atoms with Crippen molar-refractivity contribution in [1.82, 2.24) is 24.5 Å². The fourth-order valence-electron chi connectivity index (χ4n) is 10.9. The largest absolute Gasteiger partial charge is 0.310 e. The van der Waals surface area contributed by atoms with Crippen LogP contribution in [-0.4, -0.2) is 24.5 Å². The number of anilines is 3. The molecule has 3 heterocycles. The summed E-state index contributed by atoms with van der Waals surface area (Å²) in [7, 11) is 0. The van der Waals surface area contributed by atoms with Crippen LogP contribution < -0.4 is 4.90 Å². The predicted molar refractivity (Wildman–Crippen MR) is 330 cm³/mol. The van der Waals surface area contributed by atoms with Crippen molar-refractivity contribution in [3.05, 3.63) is 303 Å². The molecule has 3 aromatic heterocycles. The Hall–Kier alpha value is -10.8. The van der Waals surface area contributed by atoms with E-state index in [0.29, 0.717) is 23.2 Å². The number of benzene rings is 11. The summed E-state index contributed by atoms with van der Waals surface area (Å²) in [5.41, 5.74) is 19.7. The second-order valence-corrected chi connectivity index (χ2v) is 19.9. The van der Waals surface area contributed by atoms with Gasteiger partial charge in [-0.3, -0.25) is 0 Å². The molecule has 6 heteroatoms. The molecule has 0 unspecified atom stereocenters. The Bertz CT molecular complexity index is 4300. The van der Waals surface area contributed by atoms with Crippen molar-refractivity contribution in [3.8, 4) is 95.7 Å². The number of rotatable bonds is 12. The molecule has 14 aromatic rings. The highest BCUT2D eigenvalue weighted by Gasteiger charge is 2.20. The van der Waals surface area contributed by atoms with Crippen molar-refractivity contribution in [1.29, 1.82) is 0 Å². The van der Waals surface area contributed by atoms with E-state index in [1.807, 2.05) is 24.3 Å². The summed E-state index contributed by atoms with van der Waals surface area (Å²) in [5.74, 6) is 1.63. The number of fused-ring (bicyclic) bond motifs is 3. The van der Waals surface area contributed by atoms with Gasteiger partial charge in [-0.05, 0) is 136 Å². The summed E-state index contributed by atoms with van der Waals surface area (Å²) >= 11 is 0. The highest BCUT2D eigenvalue weighted by atomic mass is 15.1. The molecule has 0 amide bonds. The van der Waals surface area contributed by atoms with E-state index in [4.69, 9.17) is 19.9 Å². The molecule has 14 rings (SSSR count). The van der Waals surface area contributed by atoms with Crippen LogP contribution in [0.4, 0.5) is 17.1 Å². The van der Waals surface area contributed by atoms with Crippen LogP contribution in [-0.2, 0) is 0 Å². The monoisotopic (exact) mass is 1020 g/mol. The van der Waals surface area contributed by atoms with E-state index in [2.05, 4.69) is 289 Å². The van der Waals surface area contributed by atoms with Crippen molar-refractivity contribution in [3.63, 3.8) is 0 Å². The van der Waals surface area contributed by atoms with Crippen LogP contribution in [0.15, 0.2) is 303 Å². The Morgan fingerprint density at radius 2 is 0.588 bits per heavy atom. The SMILES string of the molecule is c1ccc(-c2ccc(N(c3ccc(-c4ccccc4)cc3)c3ccc4c(c3)c3cc(-c5cccc(-c6nc(-c7cccc(-c8ccccc8)c7)nc(-c7cccc(-c8ccccc8)c7)n6)n5)ccc3n4-c3ccccc3)cc2)cc1. The highest BCUT2D eigenvalue weighted by molar-refractivity contribution is 6.12. The summed E-state index contributed by atoms with van der Waals surface area (Å²) in [6.45, 7) is 0. The molecule has 0 fully saturated rings. The first-order valence-corrected chi connectivity index (χ1v) is 26.9. The third-order valence-electron chi connectivity index (χ3n) is 14.9. The number of nitrogens with zero attached hydrogens (tertiary/aromatic N) is 6. The van der Waals surface area contributed by atoms with Crippen LogP contribution in [0.3, 0.4) is 0 Å². The quantitative estimate of drug-likeness (QED) is 0.122. The summed E-state index contributed by atoms with van der Waals surface area (Å²) in [4.78, 5) is 23.3. The topological polar surface area (TPSA) is 59.7 Å². The average Bonchev–Trinajstić information content (AvgIpc) is 3.89. The molecule has 0 aliphatic rings. The number of hydrogen-bond donors (Lipinski definition) is 0. The lowest BCUT2D eigenvalue weighted by molar-refractivity contribution is 1.06. The van der Waals surface area contributed by atoms with Gasteiger partial charge in [-0.15, -0.1) is 0 Å². The van der Waals surface area contributed by atoms with E-state index >= 15 is 0 Å². The first-order chi connectivity index (χ1) is 39.6. The van der Waals surface area contributed by atoms with Crippen LogP contribution in [0.25, 0.3) is 118 Å². The molecule has 0 radical (unpaired) electrons. The maximum Gasteiger partial charge on any atom is 0.182 e. The molecule has 0 saturated heterocycles. The minimum atomic E-state index is 0.488. The molecule has 80 heavy (non-hydrogen) atoms. The van der Waals surface area contributed by atoms with Gasteiger partial charge in [0.1, 0.15) is 5.69 Å². The minimum Gasteiger partial charge on any atom is -0.310 e. The fourth-order valence-corrected chi connectivity index (χ4v) is 10.9. The third-order valence-corrected chi connectivity index (χ3v) is 14.9. The highest BCUT2D eigenvalue weighted by Crippen LogP contribution is 2.42. The number of aromatic nitrogens is 5. The Morgan fingerprint density at radius 3 is 1.10 bits per heavy atom. The fraction of sp³-hybridized carbons (Fsp3) is 0. The smallest absolute Gasteiger partial charge is 0.182 e. The van der Waals surface area contributed by atoms with Crippen LogP contribution >= 0.6 is 0 Å². The number of pyridine rings is 1. The Morgan fingerprint density at radius 1 is 0.225 bits per heavy atom. The molecule has 0 aliphatic heterocycles. The van der Waals surface area contributed by atoms with E-state index in [1.165, 1.54) is 22.3 Å². The van der Waals surface area contributed by atoms with Crippen molar-refractivity contribution in [2.45, 2.75) is 0 Å². The zero-order valence-electron chi connectivity index (χ0n) is 43.6. The van der Waals surface area contributed by atoms with Gasteiger partial charge in [0.05, 0.1) is 16.7 Å². The minimum absolute atomic E-state index is 0.488. The van der Waals surface area contributed by atoms with Crippen molar-refractivity contribution in [2.75, 3.05) is 4.90 Å². The van der Waals surface area contributed by atoms with Gasteiger partial charge in [0, 0.05) is 50.2 Å². The summed E-state index contributed by atoms with van der Waals surface area (Å²) in [5, 5.41) is 2.23. The number of para-hydroxylation sites is 1. The average molecular weight is 1020 g/mol. The summed E-state index contributed by atoms with van der Waals surface area (Å²) < 4.78 is 2.36. The van der Waals surface area contributed by atoms with Crippen molar-refractivity contribution < 1.29 is 0 Å². The van der Waals surface area contributed by atoms with Crippen LogP contribution in [0.2, 0.25) is 0 Å². The van der Waals surface area contributed by atoms with Gasteiger partial charge in [-0.25, -0.2) is 19.9 Å². The van der Waals surface area contributed by atoms with Crippen molar-refractivity contribution in [2.24, 2.45) is 0 Å². The molecular formula is C74H50N6. The molecule has 11 aromatic carbocycles. The summed E-state index contributed by atoms with van der Waals surface area (Å²) in [6.07, 6.45) is 0. The maximum atomic E-state index is 5.38. The van der Waals surface area contributed by atoms with Gasteiger partial charge < -0.3 is 9.47 Å². The van der Waals surface area contributed by atoms with E-state index in [1.54, 1.807) is 0 Å². The maximum absolute atomic E-state index is 5.38. The van der Waals surface area contributed by atoms with Gasteiger partial charge in [-0.2, -0.15) is 0 Å². The van der Waals surface area contributed by atoms with Crippen LogP contribution in [0, 0.1) is 0 Å². The molecular weight excluding hydrogens is 973 g/mol. The van der Waals surface area contributed by atoms with E-state index in [9.17, 15) is 0 Å². The third kappa shape index (κ3) is 9.37. The van der Waals surface area contributed by atoms with Gasteiger partial charge in [0.15, 0.2) is 17.5 Å². The molecule has 0 saturated carbocycles. The lowest BCUT2D eigenvalue weighted by Crippen LogP contribution is -2.10. The Balaban J connectivity index is 0.899. The first kappa shape index (κ1) is 47.6. The van der Waals surface area contributed by atoms with Gasteiger partial charge in [0.2, 0.25) is 0 Å². The van der Waals surface area contributed by atoms with Crippen molar-refractivity contribution >= 4 is 38.9 Å². The van der Waals surface area contributed by atoms with Crippen LogP contribution in [0.1, 0.15) is 0 Å². The lowest BCUT2D eigenvalue weighted by Gasteiger charge is -2.26. The zero-order valence-corrected chi connectivity index (χ0v) is 43.6. The van der Waals surface area contributed by atoms with Gasteiger partial charge >= 0.3 is 0 Å². The van der Waals surface area contributed by atoms with E-state index in [0.717, 1.165) is 89.2 Å².